The highest BCUT2D eigenvalue weighted by Gasteiger charge is 2.22. The first-order valence-electron chi connectivity index (χ1n) is 19.2. The number of hydrogen-bond acceptors (Lipinski definition) is 4. The second-order valence-electron chi connectivity index (χ2n) is 14.4. The van der Waals surface area contributed by atoms with Gasteiger partial charge in [-0.1, -0.05) is 140 Å². The molecule has 0 amide bonds. The number of anilines is 3. The number of oxazole rings is 1. The monoisotopic (exact) mass is 730 g/mol. The van der Waals surface area contributed by atoms with Crippen LogP contribution in [0.3, 0.4) is 0 Å². The van der Waals surface area contributed by atoms with E-state index in [9.17, 15) is 0 Å². The van der Waals surface area contributed by atoms with Crippen molar-refractivity contribution in [2.75, 3.05) is 4.90 Å². The van der Waals surface area contributed by atoms with E-state index in [0.29, 0.717) is 11.5 Å². The fraction of sp³-hybridized carbons (Fsp3) is 0. The van der Waals surface area contributed by atoms with E-state index in [1.54, 1.807) is 0 Å². The van der Waals surface area contributed by atoms with Crippen molar-refractivity contribution in [3.05, 3.63) is 206 Å². The standard InChI is InChI=1S/C53H34N2O2/c1-4-13-35(14-5-1)37-25-27-42(28-26-37)55(43-29-30-44(38-16-6-2-7-17-38)45(32-43)41-24-23-36-15-10-11-20-40(36)31-41)48-21-12-22-49-52(48)46-33-51-47(34-50(46)56-49)54-53(57-51)39-18-8-3-9-19-39/h1-34H. The SMILES string of the molecule is c1ccc(-c2ccc(N(c3ccc(-c4ccccc4)c(-c4ccc5ccccc5c4)c3)c3cccc4oc5cc6nc(-c7ccccc7)oc6cc5c34)cc2)cc1. The molecule has 0 aliphatic carbocycles. The lowest BCUT2D eigenvalue weighted by molar-refractivity contribution is 0.620. The summed E-state index contributed by atoms with van der Waals surface area (Å²) in [5.74, 6) is 0.586. The zero-order chi connectivity index (χ0) is 37.7. The Kier molecular flexibility index (Phi) is 7.78. The molecule has 2 heterocycles. The van der Waals surface area contributed by atoms with Gasteiger partial charge in [0.05, 0.1) is 11.1 Å². The predicted molar refractivity (Wildman–Crippen MR) is 235 cm³/mol. The summed E-state index contributed by atoms with van der Waals surface area (Å²) in [5.41, 5.74) is 14.0. The fourth-order valence-electron chi connectivity index (χ4n) is 8.12. The molecule has 0 N–H and O–H groups in total. The van der Waals surface area contributed by atoms with E-state index >= 15 is 0 Å². The van der Waals surface area contributed by atoms with Crippen molar-refractivity contribution in [3.63, 3.8) is 0 Å². The highest BCUT2D eigenvalue weighted by atomic mass is 16.4. The lowest BCUT2D eigenvalue weighted by atomic mass is 9.92. The summed E-state index contributed by atoms with van der Waals surface area (Å²) in [6.07, 6.45) is 0. The zero-order valence-corrected chi connectivity index (χ0v) is 30.8. The van der Waals surface area contributed by atoms with Crippen molar-refractivity contribution < 1.29 is 8.83 Å². The van der Waals surface area contributed by atoms with Crippen LogP contribution in [0.1, 0.15) is 0 Å². The molecule has 11 rings (SSSR count). The first-order valence-corrected chi connectivity index (χ1v) is 19.2. The van der Waals surface area contributed by atoms with Gasteiger partial charge in [0.25, 0.3) is 0 Å². The van der Waals surface area contributed by atoms with Crippen LogP contribution in [0.4, 0.5) is 17.1 Å². The van der Waals surface area contributed by atoms with E-state index in [1.165, 1.54) is 27.5 Å². The second kappa shape index (κ2) is 13.6. The minimum atomic E-state index is 0.586. The molecule has 57 heavy (non-hydrogen) atoms. The molecule has 0 aliphatic heterocycles. The van der Waals surface area contributed by atoms with Crippen molar-refractivity contribution in [1.82, 2.24) is 4.98 Å². The van der Waals surface area contributed by atoms with Crippen molar-refractivity contribution in [1.29, 1.82) is 0 Å². The van der Waals surface area contributed by atoms with E-state index in [-0.39, 0.29) is 0 Å². The number of aromatic nitrogens is 1. The van der Waals surface area contributed by atoms with Gasteiger partial charge in [0.2, 0.25) is 5.89 Å². The number of nitrogens with zero attached hydrogens (tertiary/aromatic N) is 2. The van der Waals surface area contributed by atoms with Gasteiger partial charge in [0.15, 0.2) is 5.58 Å². The predicted octanol–water partition coefficient (Wildman–Crippen LogP) is 15.0. The van der Waals surface area contributed by atoms with Crippen LogP contribution in [-0.4, -0.2) is 4.98 Å². The largest absolute Gasteiger partial charge is 0.456 e. The maximum absolute atomic E-state index is 6.62. The van der Waals surface area contributed by atoms with Crippen molar-refractivity contribution in [2.24, 2.45) is 0 Å². The molecule has 0 saturated carbocycles. The van der Waals surface area contributed by atoms with E-state index in [4.69, 9.17) is 13.8 Å². The van der Waals surface area contributed by atoms with Crippen LogP contribution >= 0.6 is 0 Å². The Hall–Kier alpha value is -7.69. The van der Waals surface area contributed by atoms with Crippen LogP contribution in [0.5, 0.6) is 0 Å². The molecule has 0 radical (unpaired) electrons. The Bertz CT molecular complexity index is 3220. The molecule has 0 atom stereocenters. The van der Waals surface area contributed by atoms with Crippen LogP contribution in [0.25, 0.3) is 88.6 Å². The molecule has 0 bridgehead atoms. The smallest absolute Gasteiger partial charge is 0.227 e. The van der Waals surface area contributed by atoms with Crippen molar-refractivity contribution in [3.8, 4) is 44.8 Å². The normalized spacial score (nSPS) is 11.5. The van der Waals surface area contributed by atoms with Crippen LogP contribution in [-0.2, 0) is 0 Å². The molecule has 0 fully saturated rings. The summed E-state index contributed by atoms with van der Waals surface area (Å²) < 4.78 is 13.0. The summed E-state index contributed by atoms with van der Waals surface area (Å²) >= 11 is 0. The first-order chi connectivity index (χ1) is 28.2. The third-order valence-electron chi connectivity index (χ3n) is 10.9. The zero-order valence-electron chi connectivity index (χ0n) is 30.8. The number of furan rings is 1. The summed E-state index contributed by atoms with van der Waals surface area (Å²) in [5, 5.41) is 4.38. The Morgan fingerprint density at radius 3 is 1.79 bits per heavy atom. The number of rotatable bonds is 7. The Morgan fingerprint density at radius 1 is 0.368 bits per heavy atom. The Balaban J connectivity index is 1.14. The van der Waals surface area contributed by atoms with Gasteiger partial charge in [-0.15, -0.1) is 0 Å². The lowest BCUT2D eigenvalue weighted by Gasteiger charge is -2.27. The fourth-order valence-corrected chi connectivity index (χ4v) is 8.12. The van der Waals surface area contributed by atoms with E-state index < -0.39 is 0 Å². The number of hydrogen-bond donors (Lipinski definition) is 0. The minimum Gasteiger partial charge on any atom is -0.456 e. The van der Waals surface area contributed by atoms with Gasteiger partial charge in [0, 0.05) is 28.4 Å². The van der Waals surface area contributed by atoms with Gasteiger partial charge < -0.3 is 13.7 Å². The topological polar surface area (TPSA) is 42.4 Å². The third-order valence-corrected chi connectivity index (χ3v) is 10.9. The molecule has 0 spiro atoms. The highest BCUT2D eigenvalue weighted by Crippen LogP contribution is 2.46. The van der Waals surface area contributed by atoms with Gasteiger partial charge in [-0.05, 0) is 105 Å². The molecule has 4 heteroatoms. The van der Waals surface area contributed by atoms with Gasteiger partial charge in [-0.3, -0.25) is 0 Å². The Labute approximate surface area is 329 Å². The quantitative estimate of drug-likeness (QED) is 0.164. The molecule has 9 aromatic carbocycles. The summed E-state index contributed by atoms with van der Waals surface area (Å²) in [6, 6.07) is 72.5. The molecule has 0 unspecified atom stereocenters. The summed E-state index contributed by atoms with van der Waals surface area (Å²) in [6.45, 7) is 0. The van der Waals surface area contributed by atoms with Crippen LogP contribution in [0.15, 0.2) is 215 Å². The van der Waals surface area contributed by atoms with Crippen molar-refractivity contribution in [2.45, 2.75) is 0 Å². The number of fused-ring (bicyclic) bond motifs is 5. The lowest BCUT2D eigenvalue weighted by Crippen LogP contribution is -2.10. The van der Waals surface area contributed by atoms with Gasteiger partial charge in [-0.25, -0.2) is 4.98 Å². The maximum atomic E-state index is 6.62. The van der Waals surface area contributed by atoms with Gasteiger partial charge >= 0.3 is 0 Å². The molecular formula is C53H34N2O2. The van der Waals surface area contributed by atoms with Crippen molar-refractivity contribution >= 4 is 60.9 Å². The Morgan fingerprint density at radius 2 is 1.02 bits per heavy atom. The second-order valence-corrected chi connectivity index (χ2v) is 14.4. The van der Waals surface area contributed by atoms with E-state index in [1.807, 2.05) is 42.5 Å². The summed E-state index contributed by atoms with van der Waals surface area (Å²) in [7, 11) is 0. The average molecular weight is 731 g/mol. The molecule has 0 saturated heterocycles. The van der Waals surface area contributed by atoms with Crippen LogP contribution in [0, 0.1) is 0 Å². The van der Waals surface area contributed by atoms with Crippen LogP contribution in [0.2, 0.25) is 0 Å². The van der Waals surface area contributed by atoms with Gasteiger partial charge in [0.1, 0.15) is 16.7 Å². The first kappa shape index (κ1) is 32.7. The molecule has 4 nitrogen and oxygen atoms in total. The molecule has 11 aromatic rings. The molecular weight excluding hydrogens is 697 g/mol. The van der Waals surface area contributed by atoms with E-state index in [0.717, 1.165) is 66.8 Å². The molecule has 2 aromatic heterocycles. The third kappa shape index (κ3) is 5.83. The maximum Gasteiger partial charge on any atom is 0.227 e. The minimum absolute atomic E-state index is 0.586. The average Bonchev–Trinajstić information content (AvgIpc) is 3.87. The van der Waals surface area contributed by atoms with Gasteiger partial charge in [-0.2, -0.15) is 0 Å². The number of benzene rings is 9. The highest BCUT2D eigenvalue weighted by molar-refractivity contribution is 6.16. The molecule has 0 aliphatic rings. The molecule has 268 valence electrons. The van der Waals surface area contributed by atoms with E-state index in [2.05, 4.69) is 169 Å². The summed E-state index contributed by atoms with van der Waals surface area (Å²) in [4.78, 5) is 7.20. The van der Waals surface area contributed by atoms with Crippen LogP contribution < -0.4 is 4.90 Å².